The quantitative estimate of drug-likeness (QED) is 0.254. The molecule has 0 aliphatic carbocycles. The van der Waals surface area contributed by atoms with E-state index in [0.717, 1.165) is 39.1 Å². The molecule has 4 rings (SSSR count). The van der Waals surface area contributed by atoms with Crippen LogP contribution in [0, 0.1) is 12.3 Å². The van der Waals surface area contributed by atoms with Crippen molar-refractivity contribution in [2.75, 3.05) is 5.32 Å². The van der Waals surface area contributed by atoms with Gasteiger partial charge >= 0.3 is 5.97 Å². The van der Waals surface area contributed by atoms with Crippen molar-refractivity contribution in [3.05, 3.63) is 96.2 Å². The van der Waals surface area contributed by atoms with Crippen LogP contribution in [-0.2, 0) is 4.79 Å². The third kappa shape index (κ3) is 4.94. The number of hydrogen-bond acceptors (Lipinski definition) is 3. The summed E-state index contributed by atoms with van der Waals surface area (Å²) in [5.41, 5.74) is 6.36. The number of benzene rings is 3. The summed E-state index contributed by atoms with van der Waals surface area (Å²) in [5.74, 6) is -1.15. The van der Waals surface area contributed by atoms with Crippen LogP contribution in [0.2, 0.25) is 0 Å². The van der Waals surface area contributed by atoms with E-state index < -0.39 is 11.4 Å². The number of carboxylic acids is 1. The molecule has 3 N–H and O–H groups in total. The molecule has 34 heavy (non-hydrogen) atoms. The van der Waals surface area contributed by atoms with Gasteiger partial charge in [0.25, 0.3) is 0 Å². The second kappa shape index (κ2) is 9.02. The maximum absolute atomic E-state index is 12.5. The first-order chi connectivity index (χ1) is 16.1. The number of aromatic nitrogens is 1. The highest BCUT2D eigenvalue weighted by atomic mass is 16.4. The maximum Gasteiger partial charge on any atom is 0.309 e. The molecule has 0 fully saturated rings. The van der Waals surface area contributed by atoms with Crippen molar-refractivity contribution in [2.24, 2.45) is 5.41 Å². The van der Waals surface area contributed by atoms with Gasteiger partial charge in [0.05, 0.1) is 16.8 Å². The predicted octanol–water partition coefficient (Wildman–Crippen LogP) is 6.91. The molecule has 0 aliphatic rings. The van der Waals surface area contributed by atoms with Gasteiger partial charge in [-0.25, -0.2) is 0 Å². The summed E-state index contributed by atoms with van der Waals surface area (Å²) in [6.07, 6.45) is -0.0398. The molecule has 0 spiro atoms. The zero-order chi connectivity index (χ0) is 24.5. The van der Waals surface area contributed by atoms with Gasteiger partial charge in [-0.05, 0) is 62.2 Å². The standard InChI is InChI=1S/C29H28N2O3/c1-18-5-14-25-23(15-18)16-26(31-25)19(2)30-24-12-10-21(11-13-24)20-6-8-22(9-7-20)27(32)17-29(3,4)28(33)34/h5-16,30-31H,2,17H2,1,3-4H3,(H,33,34). The molecule has 0 aliphatic heterocycles. The first-order valence-electron chi connectivity index (χ1n) is 11.2. The second-order valence-electron chi connectivity index (χ2n) is 9.32. The third-order valence-corrected chi connectivity index (χ3v) is 6.00. The van der Waals surface area contributed by atoms with Gasteiger partial charge in [-0.15, -0.1) is 0 Å². The van der Waals surface area contributed by atoms with Gasteiger partial charge in [-0.3, -0.25) is 9.59 Å². The molecule has 1 heterocycles. The van der Waals surface area contributed by atoms with Crippen molar-refractivity contribution in [1.29, 1.82) is 0 Å². The lowest BCUT2D eigenvalue weighted by Gasteiger charge is -2.17. The number of carbonyl (C=O) groups excluding carboxylic acids is 1. The summed E-state index contributed by atoms with van der Waals surface area (Å²) in [4.78, 5) is 27.2. The zero-order valence-corrected chi connectivity index (χ0v) is 19.6. The molecule has 0 unspecified atom stereocenters. The van der Waals surface area contributed by atoms with Crippen LogP contribution in [-0.4, -0.2) is 21.8 Å². The van der Waals surface area contributed by atoms with Crippen LogP contribution < -0.4 is 5.32 Å². The van der Waals surface area contributed by atoms with E-state index in [1.165, 1.54) is 5.56 Å². The van der Waals surface area contributed by atoms with Gasteiger partial charge in [0, 0.05) is 28.6 Å². The summed E-state index contributed by atoms with van der Waals surface area (Å²) in [6, 6.07) is 23.6. The van der Waals surface area contributed by atoms with Crippen molar-refractivity contribution in [2.45, 2.75) is 27.2 Å². The van der Waals surface area contributed by atoms with E-state index in [-0.39, 0.29) is 12.2 Å². The van der Waals surface area contributed by atoms with Crippen LogP contribution in [0.5, 0.6) is 0 Å². The van der Waals surface area contributed by atoms with E-state index in [1.54, 1.807) is 26.0 Å². The Kier molecular flexibility index (Phi) is 6.12. The van der Waals surface area contributed by atoms with E-state index in [9.17, 15) is 14.7 Å². The number of aliphatic carboxylic acids is 1. The Morgan fingerprint density at radius 1 is 0.941 bits per heavy atom. The molecular weight excluding hydrogens is 424 g/mol. The number of hydrogen-bond donors (Lipinski definition) is 3. The first kappa shape index (κ1) is 23.1. The number of Topliss-reactive ketones (excluding diaryl/α,β-unsaturated/α-hetero) is 1. The number of nitrogens with one attached hydrogen (secondary N) is 2. The number of carbonyl (C=O) groups is 2. The van der Waals surface area contributed by atoms with Crippen LogP contribution in [0.25, 0.3) is 27.7 Å². The lowest BCUT2D eigenvalue weighted by molar-refractivity contribution is -0.146. The molecule has 3 aromatic carbocycles. The van der Waals surface area contributed by atoms with E-state index in [1.807, 2.05) is 36.4 Å². The second-order valence-corrected chi connectivity index (χ2v) is 9.32. The van der Waals surface area contributed by atoms with Gasteiger partial charge < -0.3 is 15.4 Å². The van der Waals surface area contributed by atoms with E-state index >= 15 is 0 Å². The largest absolute Gasteiger partial charge is 0.481 e. The third-order valence-electron chi connectivity index (χ3n) is 6.00. The van der Waals surface area contributed by atoms with Gasteiger partial charge in [0.15, 0.2) is 5.78 Å². The lowest BCUT2D eigenvalue weighted by atomic mass is 9.85. The van der Waals surface area contributed by atoms with Crippen LogP contribution in [0.4, 0.5) is 5.69 Å². The Bertz CT molecular complexity index is 1380. The summed E-state index contributed by atoms with van der Waals surface area (Å²) in [5, 5.41) is 13.8. The lowest BCUT2D eigenvalue weighted by Crippen LogP contribution is -2.26. The van der Waals surface area contributed by atoms with E-state index in [4.69, 9.17) is 0 Å². The first-order valence-corrected chi connectivity index (χ1v) is 11.2. The summed E-state index contributed by atoms with van der Waals surface area (Å²) in [7, 11) is 0. The fourth-order valence-corrected chi connectivity index (χ4v) is 3.83. The highest BCUT2D eigenvalue weighted by Crippen LogP contribution is 2.27. The number of aromatic amines is 1. The molecule has 4 aromatic rings. The van der Waals surface area contributed by atoms with Crippen LogP contribution >= 0.6 is 0 Å². The van der Waals surface area contributed by atoms with Gasteiger partial charge in [-0.2, -0.15) is 0 Å². The molecular formula is C29H28N2O3. The zero-order valence-electron chi connectivity index (χ0n) is 19.6. The summed E-state index contributed by atoms with van der Waals surface area (Å²) >= 11 is 0. The van der Waals surface area contributed by atoms with Gasteiger partial charge in [0.2, 0.25) is 0 Å². The van der Waals surface area contributed by atoms with Gasteiger partial charge in [0.1, 0.15) is 0 Å². The highest BCUT2D eigenvalue weighted by Gasteiger charge is 2.30. The van der Waals surface area contributed by atoms with Crippen LogP contribution in [0.15, 0.2) is 79.4 Å². The highest BCUT2D eigenvalue weighted by molar-refractivity contribution is 5.99. The molecule has 0 amide bonds. The van der Waals surface area contributed by atoms with Crippen molar-refractivity contribution < 1.29 is 14.7 Å². The number of aryl methyl sites for hydroxylation is 1. The molecule has 1 aromatic heterocycles. The smallest absolute Gasteiger partial charge is 0.309 e. The Morgan fingerprint density at radius 3 is 2.18 bits per heavy atom. The Labute approximate surface area is 199 Å². The molecule has 5 nitrogen and oxygen atoms in total. The molecule has 172 valence electrons. The van der Waals surface area contributed by atoms with Crippen LogP contribution in [0.1, 0.15) is 41.9 Å². The fraction of sp³-hybridized carbons (Fsp3) is 0.172. The van der Waals surface area contributed by atoms with E-state index in [0.29, 0.717) is 5.56 Å². The molecule has 0 saturated heterocycles. The number of rotatable bonds is 8. The van der Waals surface area contributed by atoms with Crippen molar-refractivity contribution in [1.82, 2.24) is 4.98 Å². The molecule has 0 saturated carbocycles. The summed E-state index contributed by atoms with van der Waals surface area (Å²) in [6.45, 7) is 9.37. The topological polar surface area (TPSA) is 82.2 Å². The van der Waals surface area contributed by atoms with Crippen molar-refractivity contribution >= 4 is 34.0 Å². The van der Waals surface area contributed by atoms with Crippen molar-refractivity contribution in [3.63, 3.8) is 0 Å². The van der Waals surface area contributed by atoms with Crippen LogP contribution in [0.3, 0.4) is 0 Å². The average Bonchev–Trinajstić information content (AvgIpc) is 3.23. The molecule has 0 bridgehead atoms. The SMILES string of the molecule is C=C(Nc1ccc(-c2ccc(C(=O)CC(C)(C)C(=O)O)cc2)cc1)c1cc2cc(C)ccc2[nH]1. The Balaban J connectivity index is 1.43. The molecule has 0 atom stereocenters. The van der Waals surface area contributed by atoms with Crippen molar-refractivity contribution in [3.8, 4) is 11.1 Å². The Hall–Kier alpha value is -4.12. The normalized spacial score (nSPS) is 11.4. The van der Waals surface area contributed by atoms with E-state index in [2.05, 4.69) is 48.1 Å². The molecule has 0 radical (unpaired) electrons. The Morgan fingerprint density at radius 2 is 1.56 bits per heavy atom. The number of ketones is 1. The minimum Gasteiger partial charge on any atom is -0.481 e. The number of anilines is 1. The van der Waals surface area contributed by atoms with Gasteiger partial charge in [-0.1, -0.05) is 54.6 Å². The number of carboxylic acid groups (broad SMARTS) is 1. The number of H-pyrrole nitrogens is 1. The minimum absolute atomic E-state index is 0.0398. The fourth-order valence-electron chi connectivity index (χ4n) is 3.83. The number of fused-ring (bicyclic) bond motifs is 1. The monoisotopic (exact) mass is 452 g/mol. The average molecular weight is 453 g/mol. The maximum atomic E-state index is 12.5. The predicted molar refractivity (Wildman–Crippen MR) is 138 cm³/mol. The summed E-state index contributed by atoms with van der Waals surface area (Å²) < 4.78 is 0. The minimum atomic E-state index is -1.09. The molecule has 5 heteroatoms.